The molecule has 11 heavy (non-hydrogen) atoms. The molecule has 0 N–H and O–H groups in total. The lowest BCUT2D eigenvalue weighted by atomic mass is 10.1. The van der Waals surface area contributed by atoms with Gasteiger partial charge in [-0.2, -0.15) is 9.81 Å². The van der Waals surface area contributed by atoms with E-state index in [1.54, 1.807) is 0 Å². The summed E-state index contributed by atoms with van der Waals surface area (Å²) in [6.45, 7) is 0.601. The van der Waals surface area contributed by atoms with Crippen molar-refractivity contribution >= 4 is 0 Å². The molecule has 2 unspecified atom stereocenters. The average molecular weight is 158 g/mol. The highest BCUT2D eigenvalue weighted by Crippen LogP contribution is 2.17. The van der Waals surface area contributed by atoms with Gasteiger partial charge in [-0.1, -0.05) is 10.4 Å². The van der Waals surface area contributed by atoms with Crippen molar-refractivity contribution in [3.05, 3.63) is 9.81 Å². The van der Waals surface area contributed by atoms with Crippen molar-refractivity contribution < 1.29 is 4.74 Å². The van der Waals surface area contributed by atoms with Gasteiger partial charge in [0.2, 0.25) is 0 Å². The summed E-state index contributed by atoms with van der Waals surface area (Å²) in [4.78, 5) is 20.0. The summed E-state index contributed by atoms with van der Waals surface area (Å²) >= 11 is 0. The second kappa shape index (κ2) is 4.12. The molecule has 1 aliphatic rings. The zero-order valence-corrected chi connectivity index (χ0v) is 6.10. The van der Waals surface area contributed by atoms with Crippen LogP contribution in [0, 0.1) is 9.81 Å². The molecule has 5 nitrogen and oxygen atoms in total. The fourth-order valence-corrected chi connectivity index (χ4v) is 1.20. The van der Waals surface area contributed by atoms with Crippen molar-refractivity contribution in [3.8, 4) is 0 Å². The molecule has 1 fully saturated rings. The molecular weight excluding hydrogens is 148 g/mol. The van der Waals surface area contributed by atoms with E-state index in [9.17, 15) is 9.81 Å². The number of hydrogen-bond acceptors (Lipinski definition) is 5. The van der Waals surface area contributed by atoms with Gasteiger partial charge in [-0.3, -0.25) is 0 Å². The topological polar surface area (TPSA) is 68.1 Å². The molecule has 0 spiro atoms. The maximum atomic E-state index is 10.2. The van der Waals surface area contributed by atoms with Crippen LogP contribution in [0.2, 0.25) is 0 Å². The van der Waals surface area contributed by atoms with Crippen molar-refractivity contribution in [1.29, 1.82) is 0 Å². The van der Waals surface area contributed by atoms with E-state index in [-0.39, 0.29) is 12.6 Å². The van der Waals surface area contributed by atoms with Crippen LogP contribution >= 0.6 is 0 Å². The van der Waals surface area contributed by atoms with Crippen LogP contribution in [0.15, 0.2) is 10.4 Å². The molecule has 0 amide bonds. The van der Waals surface area contributed by atoms with E-state index in [0.717, 1.165) is 12.8 Å². The van der Waals surface area contributed by atoms with Crippen molar-refractivity contribution in [3.63, 3.8) is 0 Å². The van der Waals surface area contributed by atoms with Gasteiger partial charge in [0.15, 0.2) is 0 Å². The highest BCUT2D eigenvalue weighted by atomic mass is 16.5. The number of nitrogens with zero attached hydrogens (tertiary/aromatic N) is 2. The molecule has 0 aromatic heterocycles. The Hall–Kier alpha value is -0.840. The lowest BCUT2D eigenvalue weighted by Crippen LogP contribution is -2.25. The van der Waals surface area contributed by atoms with Crippen LogP contribution < -0.4 is 0 Å². The molecule has 0 aliphatic carbocycles. The van der Waals surface area contributed by atoms with Crippen molar-refractivity contribution in [2.75, 3.05) is 13.2 Å². The van der Waals surface area contributed by atoms with Crippen LogP contribution in [0.5, 0.6) is 0 Å². The van der Waals surface area contributed by atoms with Crippen LogP contribution in [-0.2, 0) is 4.74 Å². The summed E-state index contributed by atoms with van der Waals surface area (Å²) in [7, 11) is 0. The first-order valence-electron chi connectivity index (χ1n) is 3.61. The van der Waals surface area contributed by atoms with Crippen LogP contribution in [0.3, 0.4) is 0 Å². The Morgan fingerprint density at radius 1 is 1.55 bits per heavy atom. The third-order valence-corrected chi connectivity index (χ3v) is 1.79. The van der Waals surface area contributed by atoms with Gasteiger partial charge < -0.3 is 4.74 Å². The van der Waals surface area contributed by atoms with Crippen LogP contribution in [0.1, 0.15) is 12.8 Å². The van der Waals surface area contributed by atoms with Gasteiger partial charge in [0.1, 0.15) is 12.6 Å². The maximum absolute atomic E-state index is 10.2. The normalized spacial score (nSPS) is 26.4. The molecule has 0 saturated carbocycles. The third kappa shape index (κ3) is 2.04. The minimum absolute atomic E-state index is 0.0613. The zero-order valence-electron chi connectivity index (χ0n) is 6.10. The summed E-state index contributed by atoms with van der Waals surface area (Å²) in [6.07, 6.45) is 1.58. The van der Waals surface area contributed by atoms with Gasteiger partial charge in [0.05, 0.1) is 6.10 Å². The summed E-state index contributed by atoms with van der Waals surface area (Å²) < 4.78 is 5.17. The molecule has 1 aliphatic heterocycles. The van der Waals surface area contributed by atoms with E-state index in [0.29, 0.717) is 6.61 Å². The Kier molecular flexibility index (Phi) is 3.10. The van der Waals surface area contributed by atoms with Gasteiger partial charge in [-0.25, -0.2) is 0 Å². The van der Waals surface area contributed by atoms with Crippen LogP contribution in [0.4, 0.5) is 0 Å². The fourth-order valence-electron chi connectivity index (χ4n) is 1.20. The Balaban J connectivity index is 2.39. The molecule has 0 aromatic carbocycles. The molecule has 5 heteroatoms. The second-order valence-corrected chi connectivity index (χ2v) is 2.54. The molecule has 0 radical (unpaired) electrons. The molecule has 2 atom stereocenters. The second-order valence-electron chi connectivity index (χ2n) is 2.54. The van der Waals surface area contributed by atoms with E-state index < -0.39 is 6.04 Å². The van der Waals surface area contributed by atoms with E-state index in [1.807, 2.05) is 0 Å². The highest BCUT2D eigenvalue weighted by molar-refractivity contribution is 4.81. The Morgan fingerprint density at radius 3 is 2.82 bits per heavy atom. The predicted octanol–water partition coefficient (Wildman–Crippen LogP) is 1.07. The van der Waals surface area contributed by atoms with Crippen molar-refractivity contribution in [1.82, 2.24) is 0 Å². The van der Waals surface area contributed by atoms with Gasteiger partial charge in [-0.05, 0) is 12.8 Å². The lowest BCUT2D eigenvalue weighted by Gasteiger charge is -2.11. The van der Waals surface area contributed by atoms with E-state index >= 15 is 0 Å². The van der Waals surface area contributed by atoms with Crippen LogP contribution in [-0.4, -0.2) is 25.3 Å². The maximum Gasteiger partial charge on any atom is 0.141 e. The first-order valence-corrected chi connectivity index (χ1v) is 3.61. The molecule has 1 rings (SSSR count). The monoisotopic (exact) mass is 158 g/mol. The Bertz CT molecular complexity index is 145. The van der Waals surface area contributed by atoms with Gasteiger partial charge in [0, 0.05) is 6.61 Å². The smallest absolute Gasteiger partial charge is 0.141 e. The number of hydrogen-bond donors (Lipinski definition) is 0. The Morgan fingerprint density at radius 2 is 2.36 bits per heavy atom. The molecule has 0 aromatic rings. The summed E-state index contributed by atoms with van der Waals surface area (Å²) in [5.41, 5.74) is 0. The molecule has 1 heterocycles. The largest absolute Gasteiger partial charge is 0.376 e. The average Bonchev–Trinajstić information content (AvgIpc) is 2.52. The lowest BCUT2D eigenvalue weighted by molar-refractivity contribution is 0.0924. The summed E-state index contributed by atoms with van der Waals surface area (Å²) in [5.74, 6) is 0. The minimum Gasteiger partial charge on any atom is -0.376 e. The zero-order chi connectivity index (χ0) is 8.10. The molecule has 62 valence electrons. The van der Waals surface area contributed by atoms with Gasteiger partial charge in [-0.15, -0.1) is 0 Å². The number of rotatable bonds is 4. The number of ether oxygens (including phenoxy) is 1. The molecule has 1 saturated heterocycles. The fraction of sp³-hybridized carbons (Fsp3) is 1.00. The summed E-state index contributed by atoms with van der Waals surface area (Å²) in [6, 6.07) is -0.574. The van der Waals surface area contributed by atoms with Crippen molar-refractivity contribution in [2.24, 2.45) is 10.4 Å². The minimum atomic E-state index is -0.574. The quantitative estimate of drug-likeness (QED) is 0.574. The van der Waals surface area contributed by atoms with E-state index in [1.165, 1.54) is 0 Å². The van der Waals surface area contributed by atoms with Crippen molar-refractivity contribution in [2.45, 2.75) is 25.0 Å². The SMILES string of the molecule is O=NCC(N=O)C1CCCO1. The number of nitroso groups, excluding NO2 is 2. The first kappa shape index (κ1) is 8.26. The highest BCUT2D eigenvalue weighted by Gasteiger charge is 2.26. The molecular formula is C6H10N2O3. The standard InChI is InChI=1S/C6H10N2O3/c9-7-4-5(8-10)6-2-1-3-11-6/h5-6H,1-4H2. The summed E-state index contributed by atoms with van der Waals surface area (Å²) in [5, 5.41) is 5.42. The predicted molar refractivity (Wildman–Crippen MR) is 39.2 cm³/mol. The first-order chi connectivity index (χ1) is 5.38. The Labute approximate surface area is 64.1 Å². The molecule has 0 bridgehead atoms. The van der Waals surface area contributed by atoms with E-state index in [4.69, 9.17) is 4.74 Å². The van der Waals surface area contributed by atoms with Gasteiger partial charge in [0.25, 0.3) is 0 Å². The third-order valence-electron chi connectivity index (χ3n) is 1.79. The van der Waals surface area contributed by atoms with Gasteiger partial charge >= 0.3 is 0 Å². The van der Waals surface area contributed by atoms with Crippen LogP contribution in [0.25, 0.3) is 0 Å². The van der Waals surface area contributed by atoms with E-state index in [2.05, 4.69) is 10.4 Å².